The number of aromatic nitrogens is 1. The van der Waals surface area contributed by atoms with E-state index in [-0.39, 0.29) is 0 Å². The fourth-order valence-corrected chi connectivity index (χ4v) is 1.41. The molecule has 1 aromatic carbocycles. The second-order valence-electron chi connectivity index (χ2n) is 3.27. The SMILES string of the molecule is Cc1cnc2ccc(O)cc2c1C. The number of hydrogen-bond acceptors (Lipinski definition) is 2. The zero-order valence-corrected chi connectivity index (χ0v) is 7.70. The summed E-state index contributed by atoms with van der Waals surface area (Å²) in [4.78, 5) is 4.27. The average molecular weight is 173 g/mol. The standard InChI is InChI=1S/C11H11NO/c1-7-6-12-11-4-3-9(13)5-10(11)8(7)2/h3-6,13H,1-2H3. The lowest BCUT2D eigenvalue weighted by Gasteiger charge is -2.04. The molecule has 1 N–H and O–H groups in total. The molecule has 2 heteroatoms. The van der Waals surface area contributed by atoms with Crippen LogP contribution in [0.1, 0.15) is 11.1 Å². The first kappa shape index (κ1) is 8.05. The van der Waals surface area contributed by atoms with Gasteiger partial charge in [0.1, 0.15) is 5.75 Å². The third-order valence-electron chi connectivity index (χ3n) is 2.37. The van der Waals surface area contributed by atoms with Crippen molar-refractivity contribution in [2.75, 3.05) is 0 Å². The van der Waals surface area contributed by atoms with Gasteiger partial charge >= 0.3 is 0 Å². The number of nitrogens with zero attached hydrogens (tertiary/aromatic N) is 1. The summed E-state index contributed by atoms with van der Waals surface area (Å²) in [6.45, 7) is 4.06. The average Bonchev–Trinajstić information content (AvgIpc) is 2.12. The van der Waals surface area contributed by atoms with Crippen LogP contribution in [-0.4, -0.2) is 10.1 Å². The van der Waals surface area contributed by atoms with E-state index >= 15 is 0 Å². The smallest absolute Gasteiger partial charge is 0.116 e. The molecule has 0 radical (unpaired) electrons. The van der Waals surface area contributed by atoms with E-state index in [0.29, 0.717) is 5.75 Å². The number of phenols is 1. The van der Waals surface area contributed by atoms with Gasteiger partial charge in [0.2, 0.25) is 0 Å². The zero-order valence-electron chi connectivity index (χ0n) is 7.70. The van der Waals surface area contributed by atoms with Crippen LogP contribution in [0.5, 0.6) is 5.75 Å². The Balaban J connectivity index is 2.89. The Hall–Kier alpha value is -1.57. The molecule has 2 nitrogen and oxygen atoms in total. The first-order valence-corrected chi connectivity index (χ1v) is 4.23. The van der Waals surface area contributed by atoms with Crippen LogP contribution in [0.4, 0.5) is 0 Å². The van der Waals surface area contributed by atoms with Crippen LogP contribution in [0.2, 0.25) is 0 Å². The normalized spacial score (nSPS) is 10.6. The van der Waals surface area contributed by atoms with Crippen molar-refractivity contribution in [3.8, 4) is 5.75 Å². The van der Waals surface area contributed by atoms with Crippen molar-refractivity contribution in [2.24, 2.45) is 0 Å². The van der Waals surface area contributed by atoms with Crippen LogP contribution < -0.4 is 0 Å². The molecule has 0 saturated heterocycles. The van der Waals surface area contributed by atoms with Gasteiger partial charge in [0, 0.05) is 11.6 Å². The van der Waals surface area contributed by atoms with Gasteiger partial charge in [-0.05, 0) is 43.2 Å². The van der Waals surface area contributed by atoms with Crippen molar-refractivity contribution in [3.63, 3.8) is 0 Å². The van der Waals surface area contributed by atoms with E-state index in [1.165, 1.54) is 5.56 Å². The Labute approximate surface area is 76.9 Å². The van der Waals surface area contributed by atoms with E-state index in [9.17, 15) is 5.11 Å². The highest BCUT2D eigenvalue weighted by atomic mass is 16.3. The molecule has 0 spiro atoms. The van der Waals surface area contributed by atoms with Gasteiger partial charge in [0.15, 0.2) is 0 Å². The number of rotatable bonds is 0. The summed E-state index contributed by atoms with van der Waals surface area (Å²) < 4.78 is 0. The molecule has 2 rings (SSSR count). The molecule has 1 heterocycles. The number of benzene rings is 1. The molecule has 0 saturated carbocycles. The molecule has 0 fully saturated rings. The van der Waals surface area contributed by atoms with Crippen molar-refractivity contribution in [1.82, 2.24) is 4.98 Å². The molecule has 0 aliphatic heterocycles. The molecular weight excluding hydrogens is 162 g/mol. The maximum absolute atomic E-state index is 9.32. The van der Waals surface area contributed by atoms with Gasteiger partial charge in [-0.3, -0.25) is 4.98 Å². The first-order valence-electron chi connectivity index (χ1n) is 4.23. The van der Waals surface area contributed by atoms with Crippen molar-refractivity contribution in [3.05, 3.63) is 35.5 Å². The van der Waals surface area contributed by atoms with E-state index in [1.54, 1.807) is 12.1 Å². The summed E-state index contributed by atoms with van der Waals surface area (Å²) in [5.41, 5.74) is 3.26. The predicted octanol–water partition coefficient (Wildman–Crippen LogP) is 2.56. The lowest BCUT2D eigenvalue weighted by Crippen LogP contribution is -1.86. The lowest BCUT2D eigenvalue weighted by molar-refractivity contribution is 0.476. The maximum Gasteiger partial charge on any atom is 0.116 e. The highest BCUT2D eigenvalue weighted by Crippen LogP contribution is 2.22. The highest BCUT2D eigenvalue weighted by Gasteiger charge is 2.01. The van der Waals surface area contributed by atoms with Crippen molar-refractivity contribution in [1.29, 1.82) is 0 Å². The van der Waals surface area contributed by atoms with Gasteiger partial charge in [-0.2, -0.15) is 0 Å². The molecular formula is C11H11NO. The summed E-state index contributed by atoms with van der Waals surface area (Å²) in [6.07, 6.45) is 1.86. The number of pyridine rings is 1. The lowest BCUT2D eigenvalue weighted by atomic mass is 10.1. The molecule has 13 heavy (non-hydrogen) atoms. The zero-order chi connectivity index (χ0) is 9.42. The molecule has 0 amide bonds. The largest absolute Gasteiger partial charge is 0.508 e. The minimum atomic E-state index is 0.294. The third kappa shape index (κ3) is 1.24. The number of hydrogen-bond donors (Lipinski definition) is 1. The molecule has 0 atom stereocenters. The van der Waals surface area contributed by atoms with Gasteiger partial charge in [-0.1, -0.05) is 0 Å². The van der Waals surface area contributed by atoms with Crippen molar-refractivity contribution in [2.45, 2.75) is 13.8 Å². The quantitative estimate of drug-likeness (QED) is 0.664. The topological polar surface area (TPSA) is 33.1 Å². The molecule has 2 aromatic rings. The Bertz CT molecular complexity index is 458. The monoisotopic (exact) mass is 173 g/mol. The van der Waals surface area contributed by atoms with Gasteiger partial charge in [0.25, 0.3) is 0 Å². The summed E-state index contributed by atoms with van der Waals surface area (Å²) in [5.74, 6) is 0.294. The fourth-order valence-electron chi connectivity index (χ4n) is 1.41. The van der Waals surface area contributed by atoms with Crippen LogP contribution in [0.3, 0.4) is 0 Å². The number of phenolic OH excluding ortho intramolecular Hbond substituents is 1. The Morgan fingerprint density at radius 3 is 2.77 bits per heavy atom. The van der Waals surface area contributed by atoms with Crippen LogP contribution in [0.15, 0.2) is 24.4 Å². The summed E-state index contributed by atoms with van der Waals surface area (Å²) in [6, 6.07) is 5.24. The Kier molecular flexibility index (Phi) is 1.69. The highest BCUT2D eigenvalue weighted by molar-refractivity contribution is 5.84. The summed E-state index contributed by atoms with van der Waals surface area (Å²) in [5, 5.41) is 10.3. The van der Waals surface area contributed by atoms with Gasteiger partial charge in [-0.25, -0.2) is 0 Å². The van der Waals surface area contributed by atoms with Crippen LogP contribution in [0.25, 0.3) is 10.9 Å². The predicted molar refractivity (Wildman–Crippen MR) is 52.9 cm³/mol. The fraction of sp³-hybridized carbons (Fsp3) is 0.182. The van der Waals surface area contributed by atoms with E-state index in [1.807, 2.05) is 26.1 Å². The third-order valence-corrected chi connectivity index (χ3v) is 2.37. The minimum Gasteiger partial charge on any atom is -0.508 e. The maximum atomic E-state index is 9.32. The Morgan fingerprint density at radius 1 is 1.23 bits per heavy atom. The van der Waals surface area contributed by atoms with Crippen molar-refractivity contribution < 1.29 is 5.11 Å². The van der Waals surface area contributed by atoms with E-state index < -0.39 is 0 Å². The second-order valence-corrected chi connectivity index (χ2v) is 3.27. The van der Waals surface area contributed by atoms with Crippen LogP contribution >= 0.6 is 0 Å². The first-order chi connectivity index (χ1) is 6.18. The minimum absolute atomic E-state index is 0.294. The molecule has 0 bridgehead atoms. The van der Waals surface area contributed by atoms with Gasteiger partial charge in [-0.15, -0.1) is 0 Å². The van der Waals surface area contributed by atoms with Crippen molar-refractivity contribution >= 4 is 10.9 Å². The van der Waals surface area contributed by atoms with Gasteiger partial charge in [0.05, 0.1) is 5.52 Å². The molecule has 0 unspecified atom stereocenters. The van der Waals surface area contributed by atoms with E-state index in [0.717, 1.165) is 16.5 Å². The van der Waals surface area contributed by atoms with Crippen LogP contribution in [0, 0.1) is 13.8 Å². The number of aromatic hydroxyl groups is 1. The van der Waals surface area contributed by atoms with Crippen LogP contribution in [-0.2, 0) is 0 Å². The molecule has 1 aromatic heterocycles. The number of aryl methyl sites for hydroxylation is 2. The molecule has 66 valence electrons. The van der Waals surface area contributed by atoms with Gasteiger partial charge < -0.3 is 5.11 Å². The summed E-state index contributed by atoms with van der Waals surface area (Å²) in [7, 11) is 0. The number of fused-ring (bicyclic) bond motifs is 1. The van der Waals surface area contributed by atoms with E-state index in [2.05, 4.69) is 4.98 Å². The second kappa shape index (κ2) is 2.73. The Morgan fingerprint density at radius 2 is 2.00 bits per heavy atom. The summed E-state index contributed by atoms with van der Waals surface area (Å²) >= 11 is 0. The molecule has 0 aliphatic carbocycles. The van der Waals surface area contributed by atoms with E-state index in [4.69, 9.17) is 0 Å². The molecule has 0 aliphatic rings.